The normalized spacial score (nSPS) is 47.7. The van der Waals surface area contributed by atoms with E-state index in [0.29, 0.717) is 5.41 Å². The predicted octanol–water partition coefficient (Wildman–Crippen LogP) is 2.47. The summed E-state index contributed by atoms with van der Waals surface area (Å²) in [6, 6.07) is 0. The zero-order valence-corrected chi connectivity index (χ0v) is 11.9. The minimum absolute atomic E-state index is 0.277. The molecular formula is C10H14BrNOSe. The van der Waals surface area contributed by atoms with Crippen molar-refractivity contribution in [2.75, 3.05) is 0 Å². The molecule has 1 unspecified atom stereocenters. The summed E-state index contributed by atoms with van der Waals surface area (Å²) in [5.41, 5.74) is 1.96. The van der Waals surface area contributed by atoms with Gasteiger partial charge in [0.15, 0.2) is 0 Å². The van der Waals surface area contributed by atoms with Crippen LogP contribution >= 0.6 is 14.1 Å². The van der Waals surface area contributed by atoms with E-state index < -0.39 is 12.0 Å². The number of fused-ring (bicyclic) bond motifs is 5. The van der Waals surface area contributed by atoms with Crippen molar-refractivity contribution < 1.29 is 3.92 Å². The molecule has 4 heteroatoms. The fraction of sp³-hybridized carbons (Fsp3) is 0.800. The molecule has 14 heavy (non-hydrogen) atoms. The van der Waals surface area contributed by atoms with Gasteiger partial charge in [-0.25, -0.2) is 0 Å². The number of hydrogen-bond acceptors (Lipinski definition) is 2. The molecule has 3 aliphatic rings. The Morgan fingerprint density at radius 3 is 2.86 bits per heavy atom. The summed E-state index contributed by atoms with van der Waals surface area (Å²) in [6.07, 6.45) is 2.61. The van der Waals surface area contributed by atoms with Gasteiger partial charge in [-0.15, -0.1) is 0 Å². The van der Waals surface area contributed by atoms with Gasteiger partial charge in [0.2, 0.25) is 0 Å². The number of nitrogens with zero attached hydrogens (tertiary/aromatic N) is 1. The van der Waals surface area contributed by atoms with E-state index in [4.69, 9.17) is 3.92 Å². The number of halogens is 1. The van der Waals surface area contributed by atoms with Crippen molar-refractivity contribution in [3.63, 3.8) is 0 Å². The Bertz CT molecular complexity index is 388. The maximum absolute atomic E-state index is 5.45. The van der Waals surface area contributed by atoms with Crippen LogP contribution in [0.5, 0.6) is 0 Å². The molecule has 2 fully saturated rings. The molecule has 0 saturated heterocycles. The number of oxime groups is 1. The summed E-state index contributed by atoms with van der Waals surface area (Å²) in [7, 11) is 0. The molecule has 1 heterocycles. The predicted molar refractivity (Wildman–Crippen MR) is 62.8 cm³/mol. The third-order valence-corrected chi connectivity index (χ3v) is 9.25. The van der Waals surface area contributed by atoms with Crippen LogP contribution in [0.15, 0.2) is 5.16 Å². The Hall–Kier alpha value is 0.339. The van der Waals surface area contributed by atoms with Crippen molar-refractivity contribution in [1.82, 2.24) is 0 Å². The van der Waals surface area contributed by atoms with Gasteiger partial charge in [0.25, 0.3) is 0 Å². The van der Waals surface area contributed by atoms with Gasteiger partial charge >= 0.3 is 95.7 Å². The molecule has 0 aromatic heterocycles. The summed E-state index contributed by atoms with van der Waals surface area (Å²) in [6.45, 7) is 7.15. The summed E-state index contributed by atoms with van der Waals surface area (Å²) in [4.78, 5) is 0. The molecule has 2 nitrogen and oxygen atoms in total. The van der Waals surface area contributed by atoms with Gasteiger partial charge in [0.1, 0.15) is 0 Å². The molecule has 0 aromatic carbocycles. The Balaban J connectivity index is 2.25. The summed E-state index contributed by atoms with van der Waals surface area (Å²) < 4.78 is 7.00. The summed E-state index contributed by atoms with van der Waals surface area (Å²) >= 11 is 2.50. The monoisotopic (exact) mass is 323 g/mol. The van der Waals surface area contributed by atoms with Crippen molar-refractivity contribution in [1.29, 1.82) is 0 Å². The molecule has 0 N–H and O–H groups in total. The van der Waals surface area contributed by atoms with Crippen molar-refractivity contribution in [3.8, 4) is 0 Å². The molecule has 3 atom stereocenters. The average molecular weight is 323 g/mol. The van der Waals surface area contributed by atoms with Gasteiger partial charge in [0.05, 0.1) is 0 Å². The Morgan fingerprint density at radius 2 is 2.21 bits per heavy atom. The first-order valence-electron chi connectivity index (χ1n) is 5.02. The first-order valence-corrected chi connectivity index (χ1v) is 10.6. The van der Waals surface area contributed by atoms with E-state index in [1.54, 1.807) is 4.42 Å². The van der Waals surface area contributed by atoms with Crippen molar-refractivity contribution >= 4 is 36.2 Å². The van der Waals surface area contributed by atoms with Crippen LogP contribution < -0.4 is 0 Å². The van der Waals surface area contributed by atoms with E-state index in [-0.39, 0.29) is 5.41 Å². The van der Waals surface area contributed by atoms with Crippen molar-refractivity contribution in [2.45, 2.75) is 33.6 Å². The molecule has 2 bridgehead atoms. The van der Waals surface area contributed by atoms with Crippen LogP contribution in [0.1, 0.15) is 33.6 Å². The molecular weight excluding hydrogens is 309 g/mol. The molecule has 0 radical (unpaired) electrons. The minimum atomic E-state index is -1.17. The topological polar surface area (TPSA) is 21.6 Å². The van der Waals surface area contributed by atoms with Crippen LogP contribution in [-0.4, -0.2) is 22.1 Å². The average Bonchev–Trinajstić information content (AvgIpc) is 2.63. The molecule has 3 rings (SSSR count). The molecule has 2 saturated carbocycles. The number of hydrogen-bond donors (Lipinski definition) is 0. The van der Waals surface area contributed by atoms with Crippen LogP contribution in [0.2, 0.25) is 0 Å². The van der Waals surface area contributed by atoms with E-state index >= 15 is 0 Å². The van der Waals surface area contributed by atoms with E-state index in [9.17, 15) is 0 Å². The van der Waals surface area contributed by atoms with Gasteiger partial charge in [-0.1, -0.05) is 0 Å². The molecule has 2 aliphatic carbocycles. The molecule has 0 aromatic rings. The fourth-order valence-electron chi connectivity index (χ4n) is 3.26. The maximum atomic E-state index is 5.45. The molecule has 1 aliphatic heterocycles. The second-order valence-corrected chi connectivity index (χ2v) is 10.5. The van der Waals surface area contributed by atoms with E-state index in [2.05, 4.69) is 40.0 Å². The van der Waals surface area contributed by atoms with Gasteiger partial charge in [-0.05, 0) is 0 Å². The molecule has 0 amide bonds. The standard InChI is InChI=1S/C10H14BrNOSe/c1-9(2)6-4-5-10(9,3)8-7(6)14(11)13-12-8/h6H,4-5H2,1-3H3/t6-,10+,14?/m1/s1. The Labute approximate surface area is 95.5 Å². The zero-order chi connectivity index (χ0) is 10.1. The first kappa shape index (κ1) is 9.56. The second kappa shape index (κ2) is 2.53. The van der Waals surface area contributed by atoms with Crippen molar-refractivity contribution in [2.24, 2.45) is 21.9 Å². The molecule has 78 valence electrons. The Kier molecular flexibility index (Phi) is 1.73. The third kappa shape index (κ3) is 0.807. The third-order valence-electron chi connectivity index (χ3n) is 4.67. The van der Waals surface area contributed by atoms with Crippen LogP contribution in [0.3, 0.4) is 0 Å². The van der Waals surface area contributed by atoms with Crippen LogP contribution in [0.25, 0.3) is 0 Å². The van der Waals surface area contributed by atoms with Gasteiger partial charge in [-0.3, -0.25) is 0 Å². The van der Waals surface area contributed by atoms with Gasteiger partial charge in [-0.2, -0.15) is 0 Å². The quantitative estimate of drug-likeness (QED) is 0.628. The first-order chi connectivity index (χ1) is 6.48. The van der Waals surface area contributed by atoms with E-state index in [1.165, 1.54) is 18.6 Å². The van der Waals surface area contributed by atoms with Gasteiger partial charge in [0, 0.05) is 0 Å². The summed E-state index contributed by atoms with van der Waals surface area (Å²) in [5, 5.41) is 4.32. The Morgan fingerprint density at radius 1 is 1.50 bits per heavy atom. The van der Waals surface area contributed by atoms with E-state index in [0.717, 1.165) is 5.92 Å². The van der Waals surface area contributed by atoms with Gasteiger partial charge < -0.3 is 0 Å². The molecule has 0 spiro atoms. The second-order valence-electron chi connectivity index (χ2n) is 5.25. The SMILES string of the molecule is CC1(C)[C@@H]2CC[C@@]1(C)C1=NO[Se](Br)=C12. The zero-order valence-electron chi connectivity index (χ0n) is 8.63. The van der Waals surface area contributed by atoms with Crippen molar-refractivity contribution in [3.05, 3.63) is 0 Å². The van der Waals surface area contributed by atoms with Crippen LogP contribution in [-0.2, 0) is 3.92 Å². The number of rotatable bonds is 0. The van der Waals surface area contributed by atoms with Crippen LogP contribution in [0, 0.1) is 16.7 Å². The summed E-state index contributed by atoms with van der Waals surface area (Å²) in [5.74, 6) is 0.720. The fourth-order valence-corrected chi connectivity index (χ4v) is 8.21. The van der Waals surface area contributed by atoms with Crippen LogP contribution in [0.4, 0.5) is 0 Å². The van der Waals surface area contributed by atoms with E-state index in [1.807, 2.05) is 0 Å².